The molecule has 0 radical (unpaired) electrons. The minimum atomic E-state index is -0.00349. The van der Waals surface area contributed by atoms with E-state index >= 15 is 0 Å². The Balaban J connectivity index is 1.32. The number of hydrogen-bond donors (Lipinski definition) is 2. The van der Waals surface area contributed by atoms with Crippen LogP contribution >= 0.6 is 0 Å². The second kappa shape index (κ2) is 10.9. The number of piperazine rings is 1. The smallest absolute Gasteiger partial charge is 0.326 e. The van der Waals surface area contributed by atoms with Crippen molar-refractivity contribution in [2.24, 2.45) is 5.92 Å². The van der Waals surface area contributed by atoms with Gasteiger partial charge in [0.25, 0.3) is 0 Å². The zero-order chi connectivity index (χ0) is 25.9. The summed E-state index contributed by atoms with van der Waals surface area (Å²) in [4.78, 5) is 21.1. The summed E-state index contributed by atoms with van der Waals surface area (Å²) in [5.74, 6) is 1.46. The summed E-state index contributed by atoms with van der Waals surface area (Å²) in [5.41, 5.74) is 6.28. The Morgan fingerprint density at radius 3 is 2.42 bits per heavy atom. The van der Waals surface area contributed by atoms with Crippen molar-refractivity contribution in [1.82, 2.24) is 9.55 Å². The molecule has 2 aliphatic rings. The zero-order valence-corrected chi connectivity index (χ0v) is 22.2. The maximum absolute atomic E-state index is 13.1. The van der Waals surface area contributed by atoms with Crippen LogP contribution in [0.5, 0.6) is 5.75 Å². The maximum atomic E-state index is 13.1. The maximum Gasteiger partial charge on any atom is 0.326 e. The molecule has 1 saturated carbocycles. The van der Waals surface area contributed by atoms with E-state index in [1.807, 2.05) is 34.9 Å². The number of rotatable bonds is 7. The van der Waals surface area contributed by atoms with Gasteiger partial charge in [0.05, 0.1) is 29.5 Å². The molecule has 2 N–H and O–H groups in total. The average Bonchev–Trinajstić information content (AvgIpc) is 3.27. The SMILES string of the molecule is COc1cccc(N2CCN(c3cc4c(cc3Nc3ccccc3)[nH]c(=O)n4CC3CCCCC3)CC2)c1. The second-order valence-electron chi connectivity index (χ2n) is 10.6. The third-order valence-electron chi connectivity index (χ3n) is 8.15. The fourth-order valence-corrected chi connectivity index (χ4v) is 6.05. The molecular weight excluding hydrogens is 474 g/mol. The predicted molar refractivity (Wildman–Crippen MR) is 156 cm³/mol. The van der Waals surface area contributed by atoms with Crippen LogP contribution in [0.4, 0.5) is 22.7 Å². The number of H-pyrrole nitrogens is 1. The van der Waals surface area contributed by atoms with Gasteiger partial charge in [0.1, 0.15) is 5.75 Å². The molecule has 1 aliphatic carbocycles. The van der Waals surface area contributed by atoms with Crippen LogP contribution in [-0.4, -0.2) is 42.8 Å². The number of nitrogens with one attached hydrogen (secondary N) is 2. The number of nitrogens with zero attached hydrogens (tertiary/aromatic N) is 3. The van der Waals surface area contributed by atoms with Gasteiger partial charge in [0.2, 0.25) is 0 Å². The Hall–Kier alpha value is -3.87. The van der Waals surface area contributed by atoms with E-state index in [4.69, 9.17) is 4.74 Å². The molecule has 7 heteroatoms. The van der Waals surface area contributed by atoms with Gasteiger partial charge in [-0.15, -0.1) is 0 Å². The lowest BCUT2D eigenvalue weighted by molar-refractivity contribution is 0.319. The van der Waals surface area contributed by atoms with Crippen LogP contribution in [0.25, 0.3) is 11.0 Å². The number of methoxy groups -OCH3 is 1. The molecule has 1 saturated heterocycles. The van der Waals surface area contributed by atoms with Crippen LogP contribution in [0.3, 0.4) is 0 Å². The Labute approximate surface area is 224 Å². The molecule has 1 aromatic heterocycles. The van der Waals surface area contributed by atoms with Gasteiger partial charge in [-0.3, -0.25) is 4.57 Å². The second-order valence-corrected chi connectivity index (χ2v) is 10.6. The molecule has 0 bridgehead atoms. The van der Waals surface area contributed by atoms with Crippen LogP contribution in [0.2, 0.25) is 0 Å². The highest BCUT2D eigenvalue weighted by molar-refractivity contribution is 5.90. The Kier molecular flexibility index (Phi) is 6.99. The predicted octanol–water partition coefficient (Wildman–Crippen LogP) is 5.99. The van der Waals surface area contributed by atoms with E-state index in [-0.39, 0.29) is 5.69 Å². The van der Waals surface area contributed by atoms with Crippen molar-refractivity contribution in [3.05, 3.63) is 77.2 Å². The molecule has 0 spiro atoms. The fourth-order valence-electron chi connectivity index (χ4n) is 6.05. The van der Waals surface area contributed by atoms with Gasteiger partial charge in [0.15, 0.2) is 0 Å². The number of fused-ring (bicyclic) bond motifs is 1. The van der Waals surface area contributed by atoms with E-state index in [1.165, 1.54) is 37.8 Å². The van der Waals surface area contributed by atoms with Crippen molar-refractivity contribution in [3.8, 4) is 5.75 Å². The topological polar surface area (TPSA) is 65.5 Å². The summed E-state index contributed by atoms with van der Waals surface area (Å²) in [5, 5.41) is 3.63. The van der Waals surface area contributed by atoms with Gasteiger partial charge in [0, 0.05) is 50.2 Å². The van der Waals surface area contributed by atoms with E-state index in [0.29, 0.717) is 5.92 Å². The third kappa shape index (κ3) is 5.10. The summed E-state index contributed by atoms with van der Waals surface area (Å²) in [6.45, 7) is 4.41. The first kappa shape index (κ1) is 24.5. The van der Waals surface area contributed by atoms with Crippen molar-refractivity contribution in [1.29, 1.82) is 0 Å². The first-order valence-corrected chi connectivity index (χ1v) is 13.9. The normalized spacial score (nSPS) is 16.7. The number of aromatic nitrogens is 2. The number of anilines is 4. The van der Waals surface area contributed by atoms with Crippen LogP contribution in [0.15, 0.2) is 71.5 Å². The lowest BCUT2D eigenvalue weighted by Gasteiger charge is -2.38. The van der Waals surface area contributed by atoms with E-state index in [2.05, 4.69) is 56.5 Å². The van der Waals surface area contributed by atoms with Gasteiger partial charge in [-0.1, -0.05) is 43.5 Å². The van der Waals surface area contributed by atoms with Gasteiger partial charge >= 0.3 is 5.69 Å². The van der Waals surface area contributed by atoms with E-state index in [0.717, 1.165) is 66.6 Å². The van der Waals surface area contributed by atoms with Gasteiger partial charge < -0.3 is 24.8 Å². The first-order valence-electron chi connectivity index (χ1n) is 13.9. The number of imidazole rings is 1. The number of para-hydroxylation sites is 1. The van der Waals surface area contributed by atoms with Crippen LogP contribution < -0.4 is 25.5 Å². The summed E-state index contributed by atoms with van der Waals surface area (Å²) < 4.78 is 7.42. The highest BCUT2D eigenvalue weighted by Gasteiger charge is 2.23. The molecule has 6 rings (SSSR count). The zero-order valence-electron chi connectivity index (χ0n) is 22.2. The summed E-state index contributed by atoms with van der Waals surface area (Å²) in [7, 11) is 1.71. The third-order valence-corrected chi connectivity index (χ3v) is 8.15. The molecular formula is C31H37N5O2. The quantitative estimate of drug-likeness (QED) is 0.319. The van der Waals surface area contributed by atoms with Gasteiger partial charge in [-0.05, 0) is 55.2 Å². The lowest BCUT2D eigenvalue weighted by Crippen LogP contribution is -2.46. The molecule has 198 valence electrons. The highest BCUT2D eigenvalue weighted by Crippen LogP contribution is 2.35. The summed E-state index contributed by atoms with van der Waals surface area (Å²) in [6.07, 6.45) is 6.29. The Morgan fingerprint density at radius 1 is 0.895 bits per heavy atom. The molecule has 0 unspecified atom stereocenters. The Bertz CT molecular complexity index is 1430. The lowest BCUT2D eigenvalue weighted by atomic mass is 9.89. The van der Waals surface area contributed by atoms with Crippen molar-refractivity contribution >= 4 is 33.8 Å². The number of ether oxygens (including phenoxy) is 1. The highest BCUT2D eigenvalue weighted by atomic mass is 16.5. The fraction of sp³-hybridized carbons (Fsp3) is 0.387. The van der Waals surface area contributed by atoms with Crippen molar-refractivity contribution in [2.45, 2.75) is 38.6 Å². The molecule has 2 fully saturated rings. The van der Waals surface area contributed by atoms with Crippen LogP contribution in [-0.2, 0) is 6.54 Å². The van der Waals surface area contributed by atoms with Crippen LogP contribution in [0.1, 0.15) is 32.1 Å². The number of benzene rings is 3. The molecule has 0 atom stereocenters. The largest absolute Gasteiger partial charge is 0.497 e. The van der Waals surface area contributed by atoms with E-state index < -0.39 is 0 Å². The first-order chi connectivity index (χ1) is 18.7. The molecule has 38 heavy (non-hydrogen) atoms. The standard InChI is InChI=1S/C31H37N5O2/c1-38-26-14-8-13-25(19-26)34-15-17-35(18-16-34)29-21-30-28(20-27(29)32-24-11-6-3-7-12-24)33-31(37)36(30)22-23-9-4-2-5-10-23/h3,6-8,11-14,19-21,23,32H,2,4-5,9-10,15-18,22H2,1H3,(H,33,37). The monoisotopic (exact) mass is 511 g/mol. The minimum Gasteiger partial charge on any atom is -0.497 e. The Morgan fingerprint density at radius 2 is 1.66 bits per heavy atom. The summed E-state index contributed by atoms with van der Waals surface area (Å²) >= 11 is 0. The van der Waals surface area contributed by atoms with Crippen molar-refractivity contribution in [3.63, 3.8) is 0 Å². The number of aromatic amines is 1. The van der Waals surface area contributed by atoms with E-state index in [1.54, 1.807) is 7.11 Å². The van der Waals surface area contributed by atoms with Gasteiger partial charge in [-0.2, -0.15) is 0 Å². The molecule has 3 aromatic carbocycles. The minimum absolute atomic E-state index is 0.00349. The molecule has 7 nitrogen and oxygen atoms in total. The molecule has 2 heterocycles. The van der Waals surface area contributed by atoms with Gasteiger partial charge in [-0.25, -0.2) is 4.79 Å². The molecule has 4 aromatic rings. The number of hydrogen-bond acceptors (Lipinski definition) is 5. The van der Waals surface area contributed by atoms with Crippen molar-refractivity contribution in [2.75, 3.05) is 48.4 Å². The summed E-state index contributed by atoms with van der Waals surface area (Å²) in [6, 6.07) is 22.9. The molecule has 0 amide bonds. The average molecular weight is 512 g/mol. The molecule has 1 aliphatic heterocycles. The van der Waals surface area contributed by atoms with E-state index in [9.17, 15) is 4.79 Å². The van der Waals surface area contributed by atoms with Crippen LogP contribution in [0, 0.1) is 5.92 Å². The van der Waals surface area contributed by atoms with Crippen molar-refractivity contribution < 1.29 is 4.74 Å².